The van der Waals surface area contributed by atoms with Crippen molar-refractivity contribution >= 4 is 41.6 Å². The van der Waals surface area contributed by atoms with Gasteiger partial charge in [-0.05, 0) is 19.4 Å². The van der Waals surface area contributed by atoms with E-state index in [1.54, 1.807) is 0 Å². The van der Waals surface area contributed by atoms with Crippen LogP contribution in [-0.4, -0.2) is 47.4 Å². The molecule has 0 aromatic rings. The Morgan fingerprint density at radius 3 is 1.62 bits per heavy atom. The molecule has 0 radical (unpaired) electrons. The molecular weight excluding hydrogens is 333 g/mol. The average Bonchev–Trinajstić information content (AvgIpc) is 2.41. The number of carbonyl (C=O) groups is 1. The first-order chi connectivity index (χ1) is 9.70. The standard InChI is InChI=1S/C15H29Cl2NO2.ClH/c16-10-13-18(14-11-17)12-8-6-4-2-1-3-5-7-9-15(19)20;/h1-14H2,(H,19,20);1H. The van der Waals surface area contributed by atoms with Gasteiger partial charge in [-0.2, -0.15) is 0 Å². The van der Waals surface area contributed by atoms with E-state index in [9.17, 15) is 4.79 Å². The van der Waals surface area contributed by atoms with E-state index in [0.29, 0.717) is 18.2 Å². The van der Waals surface area contributed by atoms with Crippen LogP contribution in [0.1, 0.15) is 57.8 Å². The highest BCUT2D eigenvalue weighted by Crippen LogP contribution is 2.10. The Kier molecular flexibility index (Phi) is 20.6. The van der Waals surface area contributed by atoms with Gasteiger partial charge < -0.3 is 10.0 Å². The zero-order chi connectivity index (χ0) is 15.1. The normalized spacial score (nSPS) is 10.6. The molecule has 1 N–H and O–H groups in total. The highest BCUT2D eigenvalue weighted by Gasteiger charge is 2.02. The molecule has 0 heterocycles. The number of unbranched alkanes of at least 4 members (excludes halogenated alkanes) is 7. The molecule has 0 aliphatic rings. The van der Waals surface area contributed by atoms with Crippen molar-refractivity contribution in [2.75, 3.05) is 31.4 Å². The smallest absolute Gasteiger partial charge is 0.303 e. The molecule has 0 amide bonds. The maximum atomic E-state index is 10.3. The Morgan fingerprint density at radius 2 is 1.19 bits per heavy atom. The largest absolute Gasteiger partial charge is 0.481 e. The first-order valence-electron chi connectivity index (χ1n) is 7.76. The zero-order valence-corrected chi connectivity index (χ0v) is 15.2. The minimum atomic E-state index is -0.677. The van der Waals surface area contributed by atoms with Crippen molar-refractivity contribution in [3.8, 4) is 0 Å². The summed E-state index contributed by atoms with van der Waals surface area (Å²) >= 11 is 11.5. The van der Waals surface area contributed by atoms with E-state index in [0.717, 1.165) is 38.9 Å². The quantitative estimate of drug-likeness (QED) is 0.336. The van der Waals surface area contributed by atoms with Gasteiger partial charge in [-0.15, -0.1) is 35.6 Å². The summed E-state index contributed by atoms with van der Waals surface area (Å²) in [6.07, 6.45) is 9.59. The van der Waals surface area contributed by atoms with Crippen molar-refractivity contribution in [2.24, 2.45) is 0 Å². The van der Waals surface area contributed by atoms with Crippen LogP contribution in [0, 0.1) is 0 Å². The molecule has 3 nitrogen and oxygen atoms in total. The summed E-state index contributed by atoms with van der Waals surface area (Å²) in [4.78, 5) is 12.7. The molecule has 0 aliphatic heterocycles. The third kappa shape index (κ3) is 18.3. The summed E-state index contributed by atoms with van der Waals surface area (Å²) in [5, 5.41) is 8.51. The van der Waals surface area contributed by atoms with E-state index in [1.807, 2.05) is 0 Å². The summed E-state index contributed by atoms with van der Waals surface area (Å²) in [5.74, 6) is 0.670. The van der Waals surface area contributed by atoms with Crippen LogP contribution in [-0.2, 0) is 4.79 Å². The average molecular weight is 363 g/mol. The van der Waals surface area contributed by atoms with E-state index in [4.69, 9.17) is 28.3 Å². The predicted octanol–water partition coefficient (Wildman–Crippen LogP) is 4.78. The molecule has 0 unspecified atom stereocenters. The lowest BCUT2D eigenvalue weighted by Gasteiger charge is -2.19. The molecule has 0 fully saturated rings. The van der Waals surface area contributed by atoms with Crippen LogP contribution in [0.3, 0.4) is 0 Å². The van der Waals surface area contributed by atoms with Gasteiger partial charge in [0, 0.05) is 31.3 Å². The second kappa shape index (κ2) is 18.3. The van der Waals surface area contributed by atoms with Crippen LogP contribution in [0.4, 0.5) is 0 Å². The number of alkyl halides is 2. The minimum Gasteiger partial charge on any atom is -0.481 e. The topological polar surface area (TPSA) is 40.5 Å². The number of carboxylic acid groups (broad SMARTS) is 1. The van der Waals surface area contributed by atoms with Crippen molar-refractivity contribution in [1.82, 2.24) is 4.90 Å². The molecule has 21 heavy (non-hydrogen) atoms. The van der Waals surface area contributed by atoms with Gasteiger partial charge in [-0.1, -0.05) is 38.5 Å². The lowest BCUT2D eigenvalue weighted by Crippen LogP contribution is -2.28. The number of rotatable bonds is 15. The molecule has 0 saturated heterocycles. The number of nitrogens with zero attached hydrogens (tertiary/aromatic N) is 1. The van der Waals surface area contributed by atoms with Crippen LogP contribution < -0.4 is 0 Å². The van der Waals surface area contributed by atoms with Crippen molar-refractivity contribution in [1.29, 1.82) is 0 Å². The highest BCUT2D eigenvalue weighted by atomic mass is 35.5. The molecule has 0 atom stereocenters. The van der Waals surface area contributed by atoms with Crippen LogP contribution in [0.25, 0.3) is 0 Å². The molecule has 0 aromatic heterocycles. The number of hydrogen-bond donors (Lipinski definition) is 1. The minimum absolute atomic E-state index is 0. The Morgan fingerprint density at radius 1 is 0.762 bits per heavy atom. The van der Waals surface area contributed by atoms with E-state index in [1.165, 1.54) is 32.1 Å². The van der Waals surface area contributed by atoms with Gasteiger partial charge in [0.2, 0.25) is 0 Å². The second-order valence-corrected chi connectivity index (χ2v) is 5.95. The predicted molar refractivity (Wildman–Crippen MR) is 94.3 cm³/mol. The maximum Gasteiger partial charge on any atom is 0.303 e. The molecule has 0 aromatic carbocycles. The summed E-state index contributed by atoms with van der Waals surface area (Å²) < 4.78 is 0. The lowest BCUT2D eigenvalue weighted by molar-refractivity contribution is -0.137. The summed E-state index contributed by atoms with van der Waals surface area (Å²) in [5.41, 5.74) is 0. The molecule has 0 saturated carbocycles. The number of hydrogen-bond acceptors (Lipinski definition) is 2. The Balaban J connectivity index is 0. The van der Waals surface area contributed by atoms with Gasteiger partial charge in [-0.25, -0.2) is 0 Å². The van der Waals surface area contributed by atoms with Crippen LogP contribution >= 0.6 is 35.6 Å². The SMILES string of the molecule is Cl.O=C(O)CCCCCCCCCCN(CCCl)CCCl. The Labute approximate surface area is 145 Å². The summed E-state index contributed by atoms with van der Waals surface area (Å²) in [6.45, 7) is 2.95. The molecule has 0 rings (SSSR count). The van der Waals surface area contributed by atoms with Gasteiger partial charge in [-0.3, -0.25) is 4.79 Å². The van der Waals surface area contributed by atoms with Gasteiger partial charge in [0.15, 0.2) is 0 Å². The third-order valence-corrected chi connectivity index (χ3v) is 3.75. The van der Waals surface area contributed by atoms with E-state index in [-0.39, 0.29) is 12.4 Å². The molecule has 0 aliphatic carbocycles. The Hall–Kier alpha value is 0.300. The molecule has 0 bridgehead atoms. The summed E-state index contributed by atoms with van der Waals surface area (Å²) in [7, 11) is 0. The molecule has 128 valence electrons. The Bertz CT molecular complexity index is 225. The van der Waals surface area contributed by atoms with Gasteiger partial charge in [0.25, 0.3) is 0 Å². The van der Waals surface area contributed by atoms with Gasteiger partial charge >= 0.3 is 5.97 Å². The van der Waals surface area contributed by atoms with Crippen molar-refractivity contribution in [3.63, 3.8) is 0 Å². The van der Waals surface area contributed by atoms with Gasteiger partial charge in [0.1, 0.15) is 0 Å². The van der Waals surface area contributed by atoms with Crippen LogP contribution in [0.5, 0.6) is 0 Å². The highest BCUT2D eigenvalue weighted by molar-refractivity contribution is 6.18. The second-order valence-electron chi connectivity index (χ2n) is 5.19. The number of aliphatic carboxylic acids is 1. The fourth-order valence-electron chi connectivity index (χ4n) is 2.25. The van der Waals surface area contributed by atoms with E-state index < -0.39 is 5.97 Å². The van der Waals surface area contributed by atoms with Crippen LogP contribution in [0.15, 0.2) is 0 Å². The molecule has 0 spiro atoms. The van der Waals surface area contributed by atoms with Crippen molar-refractivity contribution < 1.29 is 9.90 Å². The van der Waals surface area contributed by atoms with E-state index >= 15 is 0 Å². The van der Waals surface area contributed by atoms with Crippen LogP contribution in [0.2, 0.25) is 0 Å². The van der Waals surface area contributed by atoms with Gasteiger partial charge in [0.05, 0.1) is 0 Å². The maximum absolute atomic E-state index is 10.3. The monoisotopic (exact) mass is 361 g/mol. The zero-order valence-electron chi connectivity index (χ0n) is 12.9. The lowest BCUT2D eigenvalue weighted by atomic mass is 10.1. The van der Waals surface area contributed by atoms with E-state index in [2.05, 4.69) is 4.90 Å². The first kappa shape index (κ1) is 23.6. The van der Waals surface area contributed by atoms with Crippen molar-refractivity contribution in [2.45, 2.75) is 57.8 Å². The molecular formula is C15H30Cl3NO2. The number of halogens is 3. The number of carboxylic acids is 1. The van der Waals surface area contributed by atoms with Crippen molar-refractivity contribution in [3.05, 3.63) is 0 Å². The molecule has 6 heteroatoms. The fourth-order valence-corrected chi connectivity index (χ4v) is 2.72. The third-order valence-electron chi connectivity index (χ3n) is 3.42. The summed E-state index contributed by atoms with van der Waals surface area (Å²) in [6, 6.07) is 0. The fraction of sp³-hybridized carbons (Fsp3) is 0.933. The first-order valence-corrected chi connectivity index (χ1v) is 8.83.